The van der Waals surface area contributed by atoms with Crippen molar-refractivity contribution >= 4 is 57.3 Å². The molecule has 0 bridgehead atoms. The average molecular weight is 568 g/mol. The fourth-order valence-corrected chi connectivity index (χ4v) is 5.50. The van der Waals surface area contributed by atoms with Gasteiger partial charge in [0.05, 0.1) is 36.4 Å². The van der Waals surface area contributed by atoms with Crippen LogP contribution in [-0.2, 0) is 13.1 Å². The van der Waals surface area contributed by atoms with Crippen molar-refractivity contribution in [3.63, 3.8) is 0 Å². The van der Waals surface area contributed by atoms with Gasteiger partial charge in [-0.1, -0.05) is 23.2 Å². The average Bonchev–Trinajstić information content (AvgIpc) is 3.41. The molecule has 0 unspecified atom stereocenters. The molecule has 5 nitrogen and oxygen atoms in total. The number of hydrogen-bond donors (Lipinski definition) is 1. The quantitative estimate of drug-likeness (QED) is 0.195. The van der Waals surface area contributed by atoms with Crippen molar-refractivity contribution in [1.29, 1.82) is 0 Å². The third kappa shape index (κ3) is 6.34. The van der Waals surface area contributed by atoms with Crippen molar-refractivity contribution in [2.45, 2.75) is 18.0 Å². The molecule has 1 heterocycles. The standard InChI is InChI=1S/C25H21Cl2F2N3O2S2/c1-33-18-5-3-15(23(10-18)34-2)14-32(25-30-7-8-35-25)36-24-11-19(27)22(12-21(24)29)31-13-16-9-17(26)4-6-20(16)28/h3-12,31H,13-14H2,1-2H3. The summed E-state index contributed by atoms with van der Waals surface area (Å²) in [6, 6.07) is 12.6. The Hall–Kier alpha value is -2.72. The first-order valence-corrected chi connectivity index (χ1v) is 13.0. The fourth-order valence-electron chi connectivity index (χ4n) is 3.34. The summed E-state index contributed by atoms with van der Waals surface area (Å²) in [5.41, 5.74) is 1.56. The van der Waals surface area contributed by atoms with E-state index in [4.69, 9.17) is 32.7 Å². The number of thiazole rings is 1. The van der Waals surface area contributed by atoms with Gasteiger partial charge in [0.1, 0.15) is 23.1 Å². The third-order valence-electron chi connectivity index (χ3n) is 5.15. The van der Waals surface area contributed by atoms with Gasteiger partial charge in [0.15, 0.2) is 5.13 Å². The SMILES string of the molecule is COc1ccc(CN(Sc2cc(Cl)c(NCc3cc(Cl)ccc3F)cc2F)c2nccs2)c(OC)c1. The Bertz CT molecular complexity index is 1340. The van der Waals surface area contributed by atoms with Gasteiger partial charge in [0, 0.05) is 40.3 Å². The molecule has 3 aromatic carbocycles. The zero-order valence-corrected chi connectivity index (χ0v) is 22.4. The molecule has 188 valence electrons. The monoisotopic (exact) mass is 567 g/mol. The summed E-state index contributed by atoms with van der Waals surface area (Å²) in [5.74, 6) is 0.413. The number of halogens is 4. The van der Waals surface area contributed by atoms with Crippen LogP contribution in [0.2, 0.25) is 10.0 Å². The lowest BCUT2D eigenvalue weighted by atomic mass is 10.2. The highest BCUT2D eigenvalue weighted by atomic mass is 35.5. The van der Waals surface area contributed by atoms with Crippen molar-refractivity contribution in [3.8, 4) is 11.5 Å². The van der Waals surface area contributed by atoms with Crippen molar-refractivity contribution in [1.82, 2.24) is 4.98 Å². The molecule has 0 aliphatic carbocycles. The molecule has 4 rings (SSSR count). The van der Waals surface area contributed by atoms with Crippen LogP contribution in [0, 0.1) is 11.6 Å². The summed E-state index contributed by atoms with van der Waals surface area (Å²) in [5, 5.41) is 6.22. The van der Waals surface area contributed by atoms with Gasteiger partial charge in [-0.15, -0.1) is 11.3 Å². The number of nitrogens with zero attached hydrogens (tertiary/aromatic N) is 2. The van der Waals surface area contributed by atoms with Gasteiger partial charge in [-0.3, -0.25) is 4.31 Å². The normalized spacial score (nSPS) is 10.8. The van der Waals surface area contributed by atoms with Crippen LogP contribution >= 0.6 is 46.5 Å². The number of benzene rings is 3. The number of aromatic nitrogens is 1. The summed E-state index contributed by atoms with van der Waals surface area (Å²) in [6.07, 6.45) is 1.68. The van der Waals surface area contributed by atoms with Gasteiger partial charge in [-0.2, -0.15) is 0 Å². The lowest BCUT2D eigenvalue weighted by Crippen LogP contribution is -2.15. The van der Waals surface area contributed by atoms with E-state index in [9.17, 15) is 4.39 Å². The second-order valence-electron chi connectivity index (χ2n) is 7.47. The molecular formula is C25H21Cl2F2N3O2S2. The molecule has 0 fully saturated rings. The van der Waals surface area contributed by atoms with E-state index in [1.165, 1.54) is 53.6 Å². The molecule has 0 spiro atoms. The molecule has 0 saturated heterocycles. The summed E-state index contributed by atoms with van der Waals surface area (Å²) in [6.45, 7) is 0.483. The van der Waals surface area contributed by atoms with E-state index < -0.39 is 11.6 Å². The molecule has 0 aliphatic rings. The van der Waals surface area contributed by atoms with Crippen molar-refractivity contribution in [2.24, 2.45) is 0 Å². The lowest BCUT2D eigenvalue weighted by molar-refractivity contribution is 0.391. The molecule has 4 aromatic rings. The third-order valence-corrected chi connectivity index (χ3v) is 7.64. The molecule has 1 N–H and O–H groups in total. The van der Waals surface area contributed by atoms with Gasteiger partial charge in [-0.05, 0) is 54.4 Å². The minimum Gasteiger partial charge on any atom is -0.497 e. The topological polar surface area (TPSA) is 46.6 Å². The van der Waals surface area contributed by atoms with E-state index in [2.05, 4.69) is 10.3 Å². The highest BCUT2D eigenvalue weighted by Gasteiger charge is 2.19. The Labute approximate surface area is 226 Å². The van der Waals surface area contributed by atoms with Gasteiger partial charge in [-0.25, -0.2) is 13.8 Å². The number of nitrogens with one attached hydrogen (secondary N) is 1. The molecule has 0 amide bonds. The maximum atomic E-state index is 15.2. The molecule has 36 heavy (non-hydrogen) atoms. The highest BCUT2D eigenvalue weighted by Crippen LogP contribution is 2.38. The Morgan fingerprint density at radius 1 is 1.00 bits per heavy atom. The minimum absolute atomic E-state index is 0.0978. The van der Waals surface area contributed by atoms with Crippen LogP contribution in [0.5, 0.6) is 11.5 Å². The summed E-state index contributed by atoms with van der Waals surface area (Å²) < 4.78 is 41.9. The Kier molecular flexibility index (Phi) is 8.79. The summed E-state index contributed by atoms with van der Waals surface area (Å²) in [4.78, 5) is 4.70. The van der Waals surface area contributed by atoms with Gasteiger partial charge in [0.2, 0.25) is 0 Å². The first kappa shape index (κ1) is 26.3. The van der Waals surface area contributed by atoms with Gasteiger partial charge >= 0.3 is 0 Å². The van der Waals surface area contributed by atoms with Crippen molar-refractivity contribution < 1.29 is 18.3 Å². The smallest absolute Gasteiger partial charge is 0.195 e. The molecule has 1 aromatic heterocycles. The second-order valence-corrected chi connectivity index (χ2v) is 10.3. The Morgan fingerprint density at radius 3 is 2.56 bits per heavy atom. The first-order valence-electron chi connectivity index (χ1n) is 10.6. The number of hydrogen-bond acceptors (Lipinski definition) is 7. The van der Waals surface area contributed by atoms with E-state index in [1.807, 2.05) is 21.8 Å². The van der Waals surface area contributed by atoms with Gasteiger partial charge in [0.25, 0.3) is 0 Å². The highest BCUT2D eigenvalue weighted by molar-refractivity contribution is 8.00. The maximum Gasteiger partial charge on any atom is 0.195 e. The predicted molar refractivity (Wildman–Crippen MR) is 144 cm³/mol. The predicted octanol–water partition coefficient (Wildman–Crippen LogP) is 8.07. The Morgan fingerprint density at radius 2 is 1.83 bits per heavy atom. The minimum atomic E-state index is -0.485. The van der Waals surface area contributed by atoms with Gasteiger partial charge < -0.3 is 14.8 Å². The number of rotatable bonds is 10. The Balaban J connectivity index is 1.56. The van der Waals surface area contributed by atoms with E-state index >= 15 is 4.39 Å². The summed E-state index contributed by atoms with van der Waals surface area (Å²) >= 11 is 15.0. The maximum absolute atomic E-state index is 15.2. The van der Waals surface area contributed by atoms with E-state index in [1.54, 1.807) is 26.5 Å². The van der Waals surface area contributed by atoms with Crippen LogP contribution in [0.15, 0.2) is 65.0 Å². The van der Waals surface area contributed by atoms with Crippen LogP contribution < -0.4 is 19.1 Å². The molecule has 0 saturated carbocycles. The number of methoxy groups -OCH3 is 2. The van der Waals surface area contributed by atoms with Crippen LogP contribution in [0.25, 0.3) is 0 Å². The molecule has 0 radical (unpaired) electrons. The first-order chi connectivity index (χ1) is 17.4. The lowest BCUT2D eigenvalue weighted by Gasteiger charge is -2.22. The molecule has 11 heteroatoms. The molecular weight excluding hydrogens is 547 g/mol. The zero-order valence-electron chi connectivity index (χ0n) is 19.2. The fraction of sp³-hybridized carbons (Fsp3) is 0.160. The molecule has 0 aliphatic heterocycles. The van der Waals surface area contributed by atoms with Crippen LogP contribution in [0.1, 0.15) is 11.1 Å². The van der Waals surface area contributed by atoms with Crippen molar-refractivity contribution in [2.75, 3.05) is 23.8 Å². The van der Waals surface area contributed by atoms with Crippen LogP contribution in [0.3, 0.4) is 0 Å². The zero-order chi connectivity index (χ0) is 25.7. The largest absolute Gasteiger partial charge is 0.497 e. The van der Waals surface area contributed by atoms with E-state index in [0.717, 1.165) is 5.56 Å². The van der Waals surface area contributed by atoms with E-state index in [0.29, 0.717) is 49.4 Å². The summed E-state index contributed by atoms with van der Waals surface area (Å²) in [7, 11) is 3.17. The number of anilines is 2. The van der Waals surface area contributed by atoms with Crippen molar-refractivity contribution in [3.05, 3.63) is 92.9 Å². The molecule has 0 atom stereocenters. The van der Waals surface area contributed by atoms with E-state index in [-0.39, 0.29) is 6.54 Å². The van der Waals surface area contributed by atoms with Crippen LogP contribution in [0.4, 0.5) is 19.6 Å². The second kappa shape index (κ2) is 12.0. The number of ether oxygens (including phenoxy) is 2. The van der Waals surface area contributed by atoms with Crippen LogP contribution in [-0.4, -0.2) is 19.2 Å².